The van der Waals surface area contributed by atoms with Crippen LogP contribution in [-0.4, -0.2) is 75.6 Å². The summed E-state index contributed by atoms with van der Waals surface area (Å²) in [5.41, 5.74) is 5.75. The summed E-state index contributed by atoms with van der Waals surface area (Å²) < 4.78 is 0. The van der Waals surface area contributed by atoms with E-state index in [9.17, 15) is 28.8 Å². The number of carbonyl (C=O) groups excluding carboxylic acids is 3. The molecule has 0 aromatic rings. The number of nitrogens with one attached hydrogen (secondary N) is 3. The van der Waals surface area contributed by atoms with Crippen molar-refractivity contribution < 1.29 is 44.1 Å². The van der Waals surface area contributed by atoms with Crippen molar-refractivity contribution in [3.63, 3.8) is 0 Å². The fraction of sp³-hybridized carbons (Fsp3) is 0.647. The van der Waals surface area contributed by atoms with Crippen LogP contribution in [0.15, 0.2) is 0 Å². The second kappa shape index (κ2) is 13.1. The van der Waals surface area contributed by atoms with Gasteiger partial charge >= 0.3 is 17.9 Å². The summed E-state index contributed by atoms with van der Waals surface area (Å²) in [6, 6.07) is -3.99. The zero-order chi connectivity index (χ0) is 23.4. The molecule has 8 N–H and O–H groups in total. The van der Waals surface area contributed by atoms with E-state index in [1.807, 2.05) is 19.2 Å². The predicted octanol–water partition coefficient (Wildman–Crippen LogP) is -2.13. The Morgan fingerprint density at radius 3 is 1.83 bits per heavy atom. The number of rotatable bonds is 14. The molecule has 0 aliphatic rings. The second-order valence-corrected chi connectivity index (χ2v) is 7.00. The molecule has 13 nitrogen and oxygen atoms in total. The minimum absolute atomic E-state index is 0.0786. The molecule has 0 radical (unpaired) electrons. The van der Waals surface area contributed by atoms with Gasteiger partial charge in [0, 0.05) is 6.42 Å². The summed E-state index contributed by atoms with van der Waals surface area (Å²) in [6.45, 7) is 2.86. The zero-order valence-corrected chi connectivity index (χ0v) is 16.7. The van der Waals surface area contributed by atoms with E-state index in [2.05, 4.69) is 10.6 Å². The molecule has 0 heterocycles. The van der Waals surface area contributed by atoms with Crippen molar-refractivity contribution in [1.82, 2.24) is 16.0 Å². The number of aliphatic carboxylic acids is 3. The van der Waals surface area contributed by atoms with Crippen molar-refractivity contribution >= 4 is 35.6 Å². The van der Waals surface area contributed by atoms with Crippen molar-refractivity contribution in [3.05, 3.63) is 0 Å². The van der Waals surface area contributed by atoms with Crippen molar-refractivity contribution in [2.75, 3.05) is 6.54 Å². The first-order valence-electron chi connectivity index (χ1n) is 9.12. The van der Waals surface area contributed by atoms with E-state index in [1.165, 1.54) is 0 Å². The lowest BCUT2D eigenvalue weighted by Crippen LogP contribution is -2.56. The minimum atomic E-state index is -1.64. The first-order valence-corrected chi connectivity index (χ1v) is 9.12. The standard InChI is InChI=1S/C17H28N4O9/c1-8(2)5-9(18)15(28)20-10(3-4-12(22)23)17(30)21-11(6-13(24)25)16(29)19-7-14(26)27/h8-11H,3-7,18H2,1-2H3,(H,19,29)(H,20,28)(H,21,30)(H,22,23)(H,24,25)(H,26,27). The molecule has 0 aliphatic carbocycles. The third-order valence-electron chi connectivity index (χ3n) is 3.77. The number of hydrogen-bond acceptors (Lipinski definition) is 7. The van der Waals surface area contributed by atoms with Gasteiger partial charge < -0.3 is 37.0 Å². The lowest BCUT2D eigenvalue weighted by Gasteiger charge is -2.23. The van der Waals surface area contributed by atoms with E-state index >= 15 is 0 Å². The van der Waals surface area contributed by atoms with E-state index in [4.69, 9.17) is 21.1 Å². The Labute approximate surface area is 172 Å². The quantitative estimate of drug-likeness (QED) is 0.158. The third-order valence-corrected chi connectivity index (χ3v) is 3.77. The van der Waals surface area contributed by atoms with Gasteiger partial charge in [-0.1, -0.05) is 13.8 Å². The molecule has 13 heteroatoms. The molecular weight excluding hydrogens is 404 g/mol. The van der Waals surface area contributed by atoms with Gasteiger partial charge in [0.2, 0.25) is 17.7 Å². The topological polar surface area (TPSA) is 225 Å². The van der Waals surface area contributed by atoms with Gasteiger partial charge in [-0.3, -0.25) is 28.8 Å². The minimum Gasteiger partial charge on any atom is -0.481 e. The van der Waals surface area contributed by atoms with E-state index in [0.717, 1.165) is 0 Å². The average molecular weight is 432 g/mol. The SMILES string of the molecule is CC(C)CC(N)C(=O)NC(CCC(=O)O)C(=O)NC(CC(=O)O)C(=O)NCC(=O)O. The molecule has 0 aliphatic heterocycles. The van der Waals surface area contributed by atoms with Crippen LogP contribution in [-0.2, 0) is 28.8 Å². The number of nitrogens with two attached hydrogens (primary N) is 1. The van der Waals surface area contributed by atoms with Gasteiger partial charge in [0.15, 0.2) is 0 Å². The van der Waals surface area contributed by atoms with Crippen LogP contribution >= 0.6 is 0 Å². The van der Waals surface area contributed by atoms with Gasteiger partial charge in [0.25, 0.3) is 0 Å². The normalized spacial score (nSPS) is 13.6. The highest BCUT2D eigenvalue weighted by molar-refractivity contribution is 5.95. The molecule has 0 aromatic carbocycles. The number of amides is 3. The highest BCUT2D eigenvalue weighted by atomic mass is 16.4. The van der Waals surface area contributed by atoms with Gasteiger partial charge in [0.1, 0.15) is 18.6 Å². The summed E-state index contributed by atoms with van der Waals surface area (Å²) >= 11 is 0. The predicted molar refractivity (Wildman–Crippen MR) is 101 cm³/mol. The van der Waals surface area contributed by atoms with Crippen LogP contribution in [0.3, 0.4) is 0 Å². The van der Waals surface area contributed by atoms with Crippen LogP contribution in [0.2, 0.25) is 0 Å². The fourth-order valence-electron chi connectivity index (χ4n) is 2.37. The Hall–Kier alpha value is -3.22. The first kappa shape index (κ1) is 26.8. The summed E-state index contributed by atoms with van der Waals surface area (Å²) in [4.78, 5) is 69.1. The highest BCUT2D eigenvalue weighted by Gasteiger charge is 2.30. The van der Waals surface area contributed by atoms with Crippen molar-refractivity contribution in [2.24, 2.45) is 11.7 Å². The molecule has 0 saturated carbocycles. The molecular formula is C17H28N4O9. The lowest BCUT2D eigenvalue weighted by molar-refractivity contribution is -0.141. The third kappa shape index (κ3) is 11.6. The van der Waals surface area contributed by atoms with E-state index in [0.29, 0.717) is 6.42 Å². The van der Waals surface area contributed by atoms with Gasteiger partial charge in [-0.25, -0.2) is 0 Å². The van der Waals surface area contributed by atoms with Crippen LogP contribution < -0.4 is 21.7 Å². The molecule has 0 saturated heterocycles. The van der Waals surface area contributed by atoms with Crippen LogP contribution in [0.5, 0.6) is 0 Å². The Bertz CT molecular complexity index is 666. The monoisotopic (exact) mass is 432 g/mol. The largest absolute Gasteiger partial charge is 0.481 e. The maximum Gasteiger partial charge on any atom is 0.322 e. The molecule has 0 rings (SSSR count). The summed E-state index contributed by atoms with van der Waals surface area (Å²) in [5.74, 6) is -6.76. The van der Waals surface area contributed by atoms with E-state index in [-0.39, 0.29) is 12.3 Å². The Morgan fingerprint density at radius 1 is 0.800 bits per heavy atom. The molecule has 3 atom stereocenters. The van der Waals surface area contributed by atoms with Crippen molar-refractivity contribution in [3.8, 4) is 0 Å². The van der Waals surface area contributed by atoms with Crippen LogP contribution in [0.1, 0.15) is 39.5 Å². The highest BCUT2D eigenvalue weighted by Crippen LogP contribution is 2.05. The van der Waals surface area contributed by atoms with Crippen LogP contribution in [0, 0.1) is 5.92 Å². The van der Waals surface area contributed by atoms with Gasteiger partial charge in [-0.2, -0.15) is 0 Å². The number of hydrogen-bond donors (Lipinski definition) is 7. The second-order valence-electron chi connectivity index (χ2n) is 7.00. The van der Waals surface area contributed by atoms with Crippen molar-refractivity contribution in [2.45, 2.75) is 57.7 Å². The van der Waals surface area contributed by atoms with Gasteiger partial charge in [-0.05, 0) is 18.8 Å². The zero-order valence-electron chi connectivity index (χ0n) is 16.7. The van der Waals surface area contributed by atoms with Gasteiger partial charge in [0.05, 0.1) is 12.5 Å². The average Bonchev–Trinajstić information content (AvgIpc) is 2.60. The van der Waals surface area contributed by atoms with E-state index in [1.54, 1.807) is 0 Å². The molecule has 170 valence electrons. The summed E-state index contributed by atoms with van der Waals surface area (Å²) in [5, 5.41) is 32.7. The van der Waals surface area contributed by atoms with Gasteiger partial charge in [-0.15, -0.1) is 0 Å². The number of carbonyl (C=O) groups is 6. The number of carboxylic acid groups (broad SMARTS) is 3. The maximum atomic E-state index is 12.5. The Morgan fingerprint density at radius 2 is 1.37 bits per heavy atom. The first-order chi connectivity index (χ1) is 13.8. The fourth-order valence-corrected chi connectivity index (χ4v) is 2.37. The molecule has 3 amide bonds. The molecule has 0 fully saturated rings. The van der Waals surface area contributed by atoms with E-state index < -0.39 is 73.1 Å². The molecule has 0 aromatic heterocycles. The smallest absolute Gasteiger partial charge is 0.322 e. The lowest BCUT2D eigenvalue weighted by atomic mass is 10.0. The number of carboxylic acids is 3. The molecule has 30 heavy (non-hydrogen) atoms. The molecule has 0 spiro atoms. The summed E-state index contributed by atoms with van der Waals surface area (Å²) in [7, 11) is 0. The molecule has 0 bridgehead atoms. The maximum absolute atomic E-state index is 12.5. The summed E-state index contributed by atoms with van der Waals surface area (Å²) in [6.07, 6.45) is -1.38. The van der Waals surface area contributed by atoms with Crippen LogP contribution in [0.25, 0.3) is 0 Å². The van der Waals surface area contributed by atoms with Crippen LogP contribution in [0.4, 0.5) is 0 Å². The molecule has 3 unspecified atom stereocenters. The Kier molecular flexibility index (Phi) is 11.7. The van der Waals surface area contributed by atoms with Crippen molar-refractivity contribution in [1.29, 1.82) is 0 Å². The Balaban J connectivity index is 5.32.